The van der Waals surface area contributed by atoms with Gasteiger partial charge in [0.1, 0.15) is 5.82 Å². The third-order valence-corrected chi connectivity index (χ3v) is 4.59. The summed E-state index contributed by atoms with van der Waals surface area (Å²) in [6.45, 7) is 2.59. The van der Waals surface area contributed by atoms with Gasteiger partial charge in [0.05, 0.1) is 0 Å². The van der Waals surface area contributed by atoms with E-state index >= 15 is 0 Å². The van der Waals surface area contributed by atoms with E-state index in [0.717, 1.165) is 46.4 Å². The van der Waals surface area contributed by atoms with Gasteiger partial charge in [-0.15, -0.1) is 0 Å². The molecule has 0 saturated heterocycles. The van der Waals surface area contributed by atoms with Crippen LogP contribution in [0.4, 0.5) is 10.6 Å². The van der Waals surface area contributed by atoms with Crippen molar-refractivity contribution < 1.29 is 4.79 Å². The minimum atomic E-state index is -0.456. The predicted molar refractivity (Wildman–Crippen MR) is 101 cm³/mol. The lowest BCUT2D eigenvalue weighted by molar-refractivity contribution is 0.253. The van der Waals surface area contributed by atoms with Crippen LogP contribution in [0.3, 0.4) is 0 Å². The fraction of sp³-hybridized carbons (Fsp3) is 0.200. The van der Waals surface area contributed by atoms with Crippen LogP contribution in [-0.4, -0.2) is 27.5 Å². The van der Waals surface area contributed by atoms with Gasteiger partial charge >= 0.3 is 6.03 Å². The Morgan fingerprint density at radius 3 is 2.58 bits per heavy atom. The van der Waals surface area contributed by atoms with Gasteiger partial charge in [-0.05, 0) is 55.2 Å². The van der Waals surface area contributed by atoms with Gasteiger partial charge in [0, 0.05) is 53.7 Å². The highest BCUT2D eigenvalue weighted by Gasteiger charge is 2.22. The fourth-order valence-electron chi connectivity index (χ4n) is 3.32. The summed E-state index contributed by atoms with van der Waals surface area (Å²) in [5.41, 5.74) is 11.6. The summed E-state index contributed by atoms with van der Waals surface area (Å²) in [5.74, 6) is 0.668. The van der Waals surface area contributed by atoms with E-state index in [1.165, 1.54) is 4.90 Å². The zero-order valence-corrected chi connectivity index (χ0v) is 14.5. The third-order valence-electron chi connectivity index (χ3n) is 4.59. The number of nitrogens with zero attached hydrogens (tertiary/aromatic N) is 4. The lowest BCUT2D eigenvalue weighted by Crippen LogP contribution is -2.40. The second kappa shape index (κ2) is 6.55. The number of carbonyl (C=O) groups excluding carboxylic acids is 1. The molecule has 1 aliphatic rings. The first-order chi connectivity index (χ1) is 12.6. The molecule has 0 radical (unpaired) electrons. The molecule has 4 rings (SSSR count). The maximum absolute atomic E-state index is 11.6. The highest BCUT2D eigenvalue weighted by atomic mass is 16.2. The van der Waals surface area contributed by atoms with Crippen LogP contribution in [0.2, 0.25) is 0 Å². The maximum Gasteiger partial charge on any atom is 0.320 e. The first-order valence-electron chi connectivity index (χ1n) is 8.56. The molecule has 6 heteroatoms. The molecule has 2 amide bonds. The molecule has 2 N–H and O–H groups in total. The van der Waals surface area contributed by atoms with Crippen LogP contribution in [0.25, 0.3) is 22.3 Å². The van der Waals surface area contributed by atoms with E-state index in [1.54, 1.807) is 12.4 Å². The normalized spacial score (nSPS) is 13.3. The number of primary amides is 1. The Hall–Kier alpha value is -3.28. The van der Waals surface area contributed by atoms with Crippen LogP contribution in [0.1, 0.15) is 17.7 Å². The van der Waals surface area contributed by atoms with Crippen molar-refractivity contribution in [1.29, 1.82) is 0 Å². The van der Waals surface area contributed by atoms with Gasteiger partial charge in [-0.1, -0.05) is 0 Å². The molecule has 1 aliphatic heterocycles. The number of rotatable bonds is 2. The van der Waals surface area contributed by atoms with Crippen molar-refractivity contribution in [2.24, 2.45) is 5.73 Å². The van der Waals surface area contributed by atoms with Gasteiger partial charge in [-0.3, -0.25) is 14.9 Å². The average Bonchev–Trinajstić information content (AvgIpc) is 2.67. The zero-order chi connectivity index (χ0) is 18.1. The van der Waals surface area contributed by atoms with Crippen molar-refractivity contribution in [3.8, 4) is 22.3 Å². The van der Waals surface area contributed by atoms with Gasteiger partial charge in [0.15, 0.2) is 0 Å². The lowest BCUT2D eigenvalue weighted by Gasteiger charge is -2.26. The Bertz CT molecular complexity index is 985. The molecular formula is C20H19N5O. The van der Waals surface area contributed by atoms with Gasteiger partial charge in [0.2, 0.25) is 0 Å². The highest BCUT2D eigenvalue weighted by molar-refractivity contribution is 5.91. The summed E-state index contributed by atoms with van der Waals surface area (Å²) in [4.78, 5) is 26.3. The van der Waals surface area contributed by atoms with Gasteiger partial charge in [0.25, 0.3) is 0 Å². The third kappa shape index (κ3) is 3.01. The molecule has 0 unspecified atom stereocenters. The fourth-order valence-corrected chi connectivity index (χ4v) is 3.32. The molecule has 4 heterocycles. The quantitative estimate of drug-likeness (QED) is 0.772. The van der Waals surface area contributed by atoms with E-state index in [9.17, 15) is 4.79 Å². The Kier molecular flexibility index (Phi) is 4.08. The van der Waals surface area contributed by atoms with Crippen molar-refractivity contribution in [1.82, 2.24) is 15.0 Å². The number of pyridine rings is 3. The Morgan fingerprint density at radius 2 is 1.81 bits per heavy atom. The van der Waals surface area contributed by atoms with E-state index in [1.807, 2.05) is 31.5 Å². The minimum Gasteiger partial charge on any atom is -0.351 e. The molecular weight excluding hydrogens is 326 g/mol. The molecule has 6 nitrogen and oxygen atoms in total. The lowest BCUT2D eigenvalue weighted by atomic mass is 9.99. The monoisotopic (exact) mass is 345 g/mol. The van der Waals surface area contributed by atoms with Crippen LogP contribution in [0.15, 0.2) is 49.1 Å². The first-order valence-corrected chi connectivity index (χ1v) is 8.56. The van der Waals surface area contributed by atoms with E-state index in [-0.39, 0.29) is 0 Å². The number of nitrogens with two attached hydrogens (primary N) is 1. The second-order valence-corrected chi connectivity index (χ2v) is 6.45. The van der Waals surface area contributed by atoms with Gasteiger partial charge < -0.3 is 5.73 Å². The maximum atomic E-state index is 11.6. The summed E-state index contributed by atoms with van der Waals surface area (Å²) < 4.78 is 0. The summed E-state index contributed by atoms with van der Waals surface area (Å²) in [6, 6.07) is 7.74. The number of hydrogen-bond donors (Lipinski definition) is 1. The van der Waals surface area contributed by atoms with Crippen LogP contribution in [-0.2, 0) is 6.42 Å². The number of aryl methyl sites for hydroxylation is 2. The Balaban J connectivity index is 1.73. The van der Waals surface area contributed by atoms with E-state index in [2.05, 4.69) is 27.1 Å². The summed E-state index contributed by atoms with van der Waals surface area (Å²) in [7, 11) is 0. The van der Waals surface area contributed by atoms with Gasteiger partial charge in [-0.2, -0.15) is 0 Å². The SMILES string of the molecule is Cc1cc(-c2cncc(-c3cnc4c(c3)CCCN4C(N)=O)c2)ccn1. The number of carbonyl (C=O) groups is 1. The number of hydrogen-bond acceptors (Lipinski definition) is 4. The Labute approximate surface area is 151 Å². The molecule has 3 aromatic rings. The number of amides is 2. The van der Waals surface area contributed by atoms with Crippen LogP contribution < -0.4 is 10.6 Å². The number of aromatic nitrogens is 3. The first kappa shape index (κ1) is 16.2. The smallest absolute Gasteiger partial charge is 0.320 e. The molecule has 0 aliphatic carbocycles. The van der Waals surface area contributed by atoms with Crippen molar-refractivity contribution in [2.75, 3.05) is 11.4 Å². The summed E-state index contributed by atoms with van der Waals surface area (Å²) in [5, 5.41) is 0. The van der Waals surface area contributed by atoms with E-state index in [0.29, 0.717) is 12.4 Å². The number of urea groups is 1. The van der Waals surface area contributed by atoms with Crippen molar-refractivity contribution in [3.05, 3.63) is 60.3 Å². The van der Waals surface area contributed by atoms with Crippen molar-refractivity contribution in [2.45, 2.75) is 19.8 Å². The van der Waals surface area contributed by atoms with E-state index < -0.39 is 6.03 Å². The molecule has 26 heavy (non-hydrogen) atoms. The Morgan fingerprint density at radius 1 is 1.04 bits per heavy atom. The molecule has 130 valence electrons. The van der Waals surface area contributed by atoms with Gasteiger partial charge in [-0.25, -0.2) is 9.78 Å². The van der Waals surface area contributed by atoms with Crippen molar-refractivity contribution >= 4 is 11.8 Å². The second-order valence-electron chi connectivity index (χ2n) is 6.45. The standard InChI is InChI=1S/C20H19N5O/c1-13-7-14(4-5-23-13)16-9-17(11-22-10-16)18-8-15-3-2-6-25(20(21)26)19(15)24-12-18/h4-5,7-12H,2-3,6H2,1H3,(H2,21,26). The van der Waals surface area contributed by atoms with Crippen molar-refractivity contribution in [3.63, 3.8) is 0 Å². The van der Waals surface area contributed by atoms with Crippen LogP contribution in [0.5, 0.6) is 0 Å². The molecule has 0 aromatic carbocycles. The predicted octanol–water partition coefficient (Wildman–Crippen LogP) is 3.35. The summed E-state index contributed by atoms with van der Waals surface area (Å²) >= 11 is 0. The van der Waals surface area contributed by atoms with Crippen LogP contribution >= 0.6 is 0 Å². The highest BCUT2D eigenvalue weighted by Crippen LogP contribution is 2.30. The molecule has 0 atom stereocenters. The average molecular weight is 345 g/mol. The molecule has 0 saturated carbocycles. The topological polar surface area (TPSA) is 85.0 Å². The molecule has 0 spiro atoms. The largest absolute Gasteiger partial charge is 0.351 e. The minimum absolute atomic E-state index is 0.456. The number of fused-ring (bicyclic) bond motifs is 1. The zero-order valence-electron chi connectivity index (χ0n) is 14.5. The molecule has 0 bridgehead atoms. The van der Waals surface area contributed by atoms with Crippen LogP contribution in [0, 0.1) is 6.92 Å². The van der Waals surface area contributed by atoms with E-state index in [4.69, 9.17) is 5.73 Å². The summed E-state index contributed by atoms with van der Waals surface area (Å²) in [6.07, 6.45) is 9.02. The molecule has 0 fully saturated rings. The molecule has 3 aromatic heterocycles. The number of anilines is 1.